The van der Waals surface area contributed by atoms with Crippen molar-refractivity contribution in [3.63, 3.8) is 0 Å². The highest BCUT2D eigenvalue weighted by molar-refractivity contribution is 5.85. The molecule has 0 spiro atoms. The van der Waals surface area contributed by atoms with Crippen molar-refractivity contribution in [2.24, 2.45) is 11.3 Å². The normalized spacial score (nSPS) is 22.1. The van der Waals surface area contributed by atoms with Crippen LogP contribution in [-0.2, 0) is 0 Å². The summed E-state index contributed by atoms with van der Waals surface area (Å²) in [6, 6.07) is 18.3. The van der Waals surface area contributed by atoms with Crippen LogP contribution in [-0.4, -0.2) is 37.6 Å². The summed E-state index contributed by atoms with van der Waals surface area (Å²) in [5.74, 6) is 1.58. The summed E-state index contributed by atoms with van der Waals surface area (Å²) in [5, 5.41) is 0. The van der Waals surface area contributed by atoms with Crippen LogP contribution in [0.25, 0.3) is 11.1 Å². The number of hydrogen-bond acceptors (Lipinski definition) is 2. The molecule has 33 heavy (non-hydrogen) atoms. The van der Waals surface area contributed by atoms with E-state index in [2.05, 4.69) is 86.0 Å². The summed E-state index contributed by atoms with van der Waals surface area (Å²) in [7, 11) is 0. The molecule has 1 saturated heterocycles. The van der Waals surface area contributed by atoms with Crippen LogP contribution in [0.3, 0.4) is 0 Å². The van der Waals surface area contributed by atoms with E-state index in [1.54, 1.807) is 5.56 Å². The summed E-state index contributed by atoms with van der Waals surface area (Å²) in [5.41, 5.74) is 6.26. The van der Waals surface area contributed by atoms with Crippen LogP contribution in [0, 0.1) is 11.3 Å². The highest BCUT2D eigenvalue weighted by atomic mass is 35.5. The van der Waals surface area contributed by atoms with Crippen LogP contribution in [0.2, 0.25) is 0 Å². The minimum atomic E-state index is 0. The molecular weight excluding hydrogens is 424 g/mol. The molecule has 2 aliphatic rings. The van der Waals surface area contributed by atoms with E-state index in [1.165, 1.54) is 75.0 Å². The van der Waals surface area contributed by atoms with Crippen LogP contribution in [0.15, 0.2) is 48.5 Å². The zero-order valence-corrected chi connectivity index (χ0v) is 22.2. The molecule has 2 aromatic rings. The second kappa shape index (κ2) is 11.8. The monoisotopic (exact) mass is 468 g/mol. The van der Waals surface area contributed by atoms with Crippen molar-refractivity contribution in [1.29, 1.82) is 0 Å². The van der Waals surface area contributed by atoms with Crippen molar-refractivity contribution in [3.8, 4) is 11.1 Å². The molecule has 182 valence electrons. The smallest absolute Gasteiger partial charge is 0.0408 e. The van der Waals surface area contributed by atoms with Crippen molar-refractivity contribution in [3.05, 3.63) is 54.1 Å². The van der Waals surface area contributed by atoms with Crippen molar-refractivity contribution < 1.29 is 0 Å². The average Bonchev–Trinajstić information content (AvgIpc) is 2.83. The number of anilines is 1. The Hall–Kier alpha value is -1.51. The van der Waals surface area contributed by atoms with E-state index in [-0.39, 0.29) is 12.4 Å². The molecule has 3 heteroatoms. The Morgan fingerprint density at radius 3 is 2.09 bits per heavy atom. The number of hydrogen-bond donors (Lipinski definition) is 0. The minimum absolute atomic E-state index is 0. The molecule has 0 bridgehead atoms. The van der Waals surface area contributed by atoms with E-state index in [9.17, 15) is 0 Å². The summed E-state index contributed by atoms with van der Waals surface area (Å²) in [6.07, 6.45) is 8.05. The number of unbranched alkanes of at least 4 members (excludes halogenated alkanes) is 1. The predicted octanol–water partition coefficient (Wildman–Crippen LogP) is 8.02. The largest absolute Gasteiger partial charge is 0.369 e. The summed E-state index contributed by atoms with van der Waals surface area (Å²) < 4.78 is 0. The lowest BCUT2D eigenvalue weighted by Gasteiger charge is -2.40. The van der Waals surface area contributed by atoms with Gasteiger partial charge in [0, 0.05) is 31.9 Å². The Morgan fingerprint density at radius 2 is 1.48 bits per heavy atom. The second-order valence-corrected chi connectivity index (χ2v) is 11.2. The van der Waals surface area contributed by atoms with E-state index in [0.717, 1.165) is 19.0 Å². The van der Waals surface area contributed by atoms with Gasteiger partial charge in [-0.3, -0.25) is 4.90 Å². The lowest BCUT2D eigenvalue weighted by molar-refractivity contribution is 0.169. The quantitative estimate of drug-likeness (QED) is 0.423. The topological polar surface area (TPSA) is 6.48 Å². The molecule has 4 rings (SSSR count). The molecule has 0 N–H and O–H groups in total. The van der Waals surface area contributed by atoms with Gasteiger partial charge in [0.15, 0.2) is 0 Å². The third-order valence-corrected chi connectivity index (χ3v) is 8.07. The van der Waals surface area contributed by atoms with Gasteiger partial charge in [-0.25, -0.2) is 0 Å². The molecule has 0 aromatic heterocycles. The van der Waals surface area contributed by atoms with Gasteiger partial charge in [0.1, 0.15) is 0 Å². The zero-order chi connectivity index (χ0) is 22.6. The van der Waals surface area contributed by atoms with Crippen LogP contribution in [0.1, 0.15) is 77.7 Å². The highest BCUT2D eigenvalue weighted by Gasteiger charge is 2.32. The maximum Gasteiger partial charge on any atom is 0.0408 e. The number of halogens is 1. The van der Waals surface area contributed by atoms with Gasteiger partial charge >= 0.3 is 0 Å². The first-order valence-corrected chi connectivity index (χ1v) is 13.1. The molecule has 1 aliphatic carbocycles. The number of nitrogens with zero attached hydrogens (tertiary/aromatic N) is 2. The third-order valence-electron chi connectivity index (χ3n) is 8.07. The number of piperazine rings is 1. The molecule has 0 amide bonds. The first-order chi connectivity index (χ1) is 15.5. The van der Waals surface area contributed by atoms with Gasteiger partial charge in [0.2, 0.25) is 0 Å². The van der Waals surface area contributed by atoms with Crippen LogP contribution in [0.5, 0.6) is 0 Å². The van der Waals surface area contributed by atoms with Gasteiger partial charge in [-0.05, 0) is 78.7 Å². The average molecular weight is 469 g/mol. The van der Waals surface area contributed by atoms with Gasteiger partial charge < -0.3 is 4.90 Å². The van der Waals surface area contributed by atoms with Crippen molar-refractivity contribution >= 4 is 18.1 Å². The van der Waals surface area contributed by atoms with E-state index in [4.69, 9.17) is 0 Å². The Bertz CT molecular complexity index is 841. The number of benzene rings is 2. The summed E-state index contributed by atoms with van der Waals surface area (Å²) in [6.45, 7) is 15.6. The maximum atomic E-state index is 2.69. The van der Waals surface area contributed by atoms with E-state index in [1.807, 2.05) is 0 Å². The van der Waals surface area contributed by atoms with E-state index < -0.39 is 0 Å². The predicted molar refractivity (Wildman–Crippen MR) is 147 cm³/mol. The highest BCUT2D eigenvalue weighted by Crippen LogP contribution is 2.46. The fourth-order valence-corrected chi connectivity index (χ4v) is 5.84. The van der Waals surface area contributed by atoms with Gasteiger partial charge in [0.25, 0.3) is 0 Å². The molecular formula is C30H45ClN2. The lowest BCUT2D eigenvalue weighted by atomic mass is 9.68. The summed E-state index contributed by atoms with van der Waals surface area (Å²) >= 11 is 0. The van der Waals surface area contributed by atoms with Gasteiger partial charge in [-0.2, -0.15) is 0 Å². The molecule has 2 nitrogen and oxygen atoms in total. The molecule has 2 aromatic carbocycles. The molecule has 0 unspecified atom stereocenters. The SMILES string of the molecule is CCCCN1CCN(c2cc(-c3ccccc3)ccc2C2CCC(C(C)(C)C)CC2)CC1.Cl. The lowest BCUT2D eigenvalue weighted by Crippen LogP contribution is -2.47. The Morgan fingerprint density at radius 1 is 0.818 bits per heavy atom. The molecule has 0 atom stereocenters. The van der Waals surface area contributed by atoms with Crippen molar-refractivity contribution in [1.82, 2.24) is 4.90 Å². The van der Waals surface area contributed by atoms with Crippen molar-refractivity contribution in [2.75, 3.05) is 37.6 Å². The molecule has 0 radical (unpaired) electrons. The molecule has 2 fully saturated rings. The fraction of sp³-hybridized carbons (Fsp3) is 0.600. The van der Waals surface area contributed by atoms with Gasteiger partial charge in [-0.15, -0.1) is 12.4 Å². The van der Waals surface area contributed by atoms with Gasteiger partial charge in [-0.1, -0.05) is 76.6 Å². The first-order valence-electron chi connectivity index (χ1n) is 13.1. The Kier molecular flexibility index (Phi) is 9.30. The second-order valence-electron chi connectivity index (χ2n) is 11.2. The molecule has 1 saturated carbocycles. The maximum absolute atomic E-state index is 2.69. The van der Waals surface area contributed by atoms with Gasteiger partial charge in [0.05, 0.1) is 0 Å². The van der Waals surface area contributed by atoms with E-state index in [0.29, 0.717) is 11.3 Å². The Balaban J connectivity index is 0.00000306. The van der Waals surface area contributed by atoms with Crippen LogP contribution < -0.4 is 4.90 Å². The van der Waals surface area contributed by atoms with Crippen LogP contribution in [0.4, 0.5) is 5.69 Å². The van der Waals surface area contributed by atoms with Crippen molar-refractivity contribution in [2.45, 2.75) is 72.1 Å². The first kappa shape index (κ1) is 26.1. The number of rotatable bonds is 6. The zero-order valence-electron chi connectivity index (χ0n) is 21.4. The molecule has 1 aliphatic heterocycles. The third kappa shape index (κ3) is 6.55. The summed E-state index contributed by atoms with van der Waals surface area (Å²) in [4.78, 5) is 5.36. The van der Waals surface area contributed by atoms with Crippen LogP contribution >= 0.6 is 12.4 Å². The van der Waals surface area contributed by atoms with E-state index >= 15 is 0 Å². The fourth-order valence-electron chi connectivity index (χ4n) is 5.84. The standard InChI is InChI=1S/C30H44N2.ClH/c1-5-6-18-31-19-21-32(22-20-31)29-23-26(24-10-8-7-9-11-24)14-17-28(29)25-12-15-27(16-13-25)30(2,3)4;/h7-11,14,17,23,25,27H,5-6,12-13,15-16,18-22H2,1-4H3;1H. The molecule has 1 heterocycles. The minimum Gasteiger partial charge on any atom is -0.369 e. The Labute approximate surface area is 209 Å².